The van der Waals surface area contributed by atoms with Crippen LogP contribution in [-0.4, -0.2) is 82.6 Å². The largest absolute Gasteiger partial charge is 0.508 e. The van der Waals surface area contributed by atoms with Crippen molar-refractivity contribution in [1.82, 2.24) is 0 Å². The lowest BCUT2D eigenvalue weighted by molar-refractivity contribution is -0.271. The van der Waals surface area contributed by atoms with Crippen molar-refractivity contribution in [3.63, 3.8) is 0 Å². The van der Waals surface area contributed by atoms with E-state index in [2.05, 4.69) is 0 Å². The third kappa shape index (κ3) is 4.00. The maximum atomic E-state index is 12.6. The number of aliphatic carboxylic acids is 1. The van der Waals surface area contributed by atoms with Crippen molar-refractivity contribution in [2.24, 2.45) is 0 Å². The van der Waals surface area contributed by atoms with Crippen LogP contribution in [0.4, 0.5) is 0 Å². The second-order valence-corrected chi connectivity index (χ2v) is 7.64. The van der Waals surface area contributed by atoms with Gasteiger partial charge in [-0.2, -0.15) is 0 Å². The Morgan fingerprint density at radius 1 is 0.857 bits per heavy atom. The molecule has 1 aliphatic heterocycles. The van der Waals surface area contributed by atoms with Gasteiger partial charge in [-0.3, -0.25) is 4.79 Å². The summed E-state index contributed by atoms with van der Waals surface area (Å²) in [6, 6.07) is 3.58. The van der Waals surface area contributed by atoms with Crippen LogP contribution in [0.15, 0.2) is 33.5 Å². The zero-order valence-electron chi connectivity index (χ0n) is 17.3. The van der Waals surface area contributed by atoms with Crippen molar-refractivity contribution >= 4 is 16.9 Å². The van der Waals surface area contributed by atoms with Crippen LogP contribution in [0.1, 0.15) is 0 Å². The van der Waals surface area contributed by atoms with Crippen LogP contribution in [0.2, 0.25) is 0 Å². The molecule has 1 aromatic heterocycles. The Kier molecular flexibility index (Phi) is 5.82. The highest BCUT2D eigenvalue weighted by Crippen LogP contribution is 2.43. The molecule has 0 amide bonds. The number of ether oxygens (including phenoxy) is 2. The third-order valence-electron chi connectivity index (χ3n) is 5.31. The Morgan fingerprint density at radius 2 is 1.54 bits per heavy atom. The van der Waals surface area contributed by atoms with Gasteiger partial charge < -0.3 is 59.8 Å². The minimum absolute atomic E-state index is 0.282. The van der Waals surface area contributed by atoms with E-state index in [1.807, 2.05) is 0 Å². The van der Waals surface area contributed by atoms with Gasteiger partial charge in [0.1, 0.15) is 40.8 Å². The van der Waals surface area contributed by atoms with Gasteiger partial charge in [0, 0.05) is 17.7 Å². The van der Waals surface area contributed by atoms with Gasteiger partial charge in [-0.15, -0.1) is 0 Å². The molecule has 3 aromatic rings. The van der Waals surface area contributed by atoms with Gasteiger partial charge in [0.25, 0.3) is 0 Å². The van der Waals surface area contributed by atoms with Crippen LogP contribution < -0.4 is 10.2 Å². The molecule has 14 nitrogen and oxygen atoms in total. The Balaban J connectivity index is 1.80. The van der Waals surface area contributed by atoms with E-state index in [0.29, 0.717) is 0 Å². The summed E-state index contributed by atoms with van der Waals surface area (Å²) in [5.74, 6) is -6.92. The quantitative estimate of drug-likeness (QED) is 0.203. The molecule has 0 aliphatic carbocycles. The van der Waals surface area contributed by atoms with Gasteiger partial charge >= 0.3 is 5.97 Å². The predicted octanol–water partition coefficient (Wildman–Crippen LogP) is -0.741. The summed E-state index contributed by atoms with van der Waals surface area (Å²) in [6.45, 7) is 0. The molecule has 2 heterocycles. The van der Waals surface area contributed by atoms with Gasteiger partial charge in [0.05, 0.1) is 0 Å². The molecule has 4 rings (SSSR count). The van der Waals surface area contributed by atoms with Crippen LogP contribution >= 0.6 is 0 Å². The zero-order valence-corrected chi connectivity index (χ0v) is 17.3. The summed E-state index contributed by atoms with van der Waals surface area (Å²) in [6.07, 6.45) is -9.99. The summed E-state index contributed by atoms with van der Waals surface area (Å²) in [5.41, 5.74) is -1.72. The van der Waals surface area contributed by atoms with Gasteiger partial charge in [-0.25, -0.2) is 4.79 Å². The van der Waals surface area contributed by atoms with E-state index in [-0.39, 0.29) is 11.1 Å². The van der Waals surface area contributed by atoms with E-state index in [1.165, 1.54) is 0 Å². The molecule has 0 bridgehead atoms. The lowest BCUT2D eigenvalue weighted by Crippen LogP contribution is -2.61. The third-order valence-corrected chi connectivity index (χ3v) is 5.31. The molecule has 0 spiro atoms. The molecule has 0 saturated carbocycles. The Labute approximate surface area is 193 Å². The first kappa shape index (κ1) is 23.9. The first-order chi connectivity index (χ1) is 16.4. The number of carboxylic acids is 1. The number of carboxylic acid groups (broad SMARTS) is 1. The van der Waals surface area contributed by atoms with E-state index in [9.17, 15) is 50.4 Å². The van der Waals surface area contributed by atoms with Crippen molar-refractivity contribution in [3.05, 3.63) is 34.5 Å². The number of aromatic hydroxyl groups is 5. The van der Waals surface area contributed by atoms with Gasteiger partial charge in [-0.05, 0) is 12.1 Å². The smallest absolute Gasteiger partial charge is 0.335 e. The number of fused-ring (bicyclic) bond motifs is 1. The van der Waals surface area contributed by atoms with Crippen molar-refractivity contribution in [2.75, 3.05) is 0 Å². The van der Waals surface area contributed by atoms with E-state index < -0.39 is 87.7 Å². The Bertz CT molecular complexity index is 1380. The highest BCUT2D eigenvalue weighted by atomic mass is 16.7. The van der Waals surface area contributed by atoms with E-state index >= 15 is 0 Å². The minimum atomic E-state index is -2.02. The molecule has 0 radical (unpaired) electrons. The fourth-order valence-corrected chi connectivity index (χ4v) is 3.56. The number of phenols is 4. The monoisotopic (exact) mass is 494 g/mol. The lowest BCUT2D eigenvalue weighted by Gasteiger charge is -2.38. The highest BCUT2D eigenvalue weighted by Gasteiger charge is 2.48. The summed E-state index contributed by atoms with van der Waals surface area (Å²) in [7, 11) is 0. The minimum Gasteiger partial charge on any atom is -0.508 e. The highest BCUT2D eigenvalue weighted by molar-refractivity contribution is 5.88. The molecular weight excluding hydrogens is 476 g/mol. The topological polar surface area (TPSA) is 248 Å². The van der Waals surface area contributed by atoms with Crippen LogP contribution in [-0.2, 0) is 9.53 Å². The number of hydrogen-bond donors (Lipinski definition) is 9. The molecule has 9 N–H and O–H groups in total. The maximum absolute atomic E-state index is 12.6. The van der Waals surface area contributed by atoms with Crippen molar-refractivity contribution < 1.29 is 64.6 Å². The van der Waals surface area contributed by atoms with Gasteiger partial charge in [0.2, 0.25) is 23.2 Å². The van der Waals surface area contributed by atoms with Crippen LogP contribution in [0.5, 0.6) is 34.5 Å². The average molecular weight is 494 g/mol. The molecular formula is C21H18O14. The number of aliphatic hydroxyl groups excluding tert-OH is 3. The van der Waals surface area contributed by atoms with E-state index in [0.717, 1.165) is 24.3 Å². The molecule has 2 aromatic carbocycles. The number of benzene rings is 2. The predicted molar refractivity (Wildman–Crippen MR) is 111 cm³/mol. The molecule has 0 unspecified atom stereocenters. The number of phenolic OH excluding ortho intramolecular Hbond substituents is 4. The molecule has 5 atom stereocenters. The van der Waals surface area contributed by atoms with E-state index in [4.69, 9.17) is 19.0 Å². The maximum Gasteiger partial charge on any atom is 0.335 e. The molecule has 1 aliphatic rings. The number of hydrogen-bond acceptors (Lipinski definition) is 13. The summed E-state index contributed by atoms with van der Waals surface area (Å²) in [5, 5.41) is 88.8. The fourth-order valence-electron chi connectivity index (χ4n) is 3.56. The standard InChI is InChI=1S/C21H18O14/c22-6-3-7(23)11-9(4-6)33-18(15(28)13(11)26)5-1-8(24)12(25)10(2-5)34-21-17(30)14(27)16(29)19(35-21)20(31)32/h1-4,14,16-17,19,21-25,27-30H,(H,31,32)/t14-,16-,17+,19-,21+/m0/s1. The molecule has 35 heavy (non-hydrogen) atoms. The van der Waals surface area contributed by atoms with E-state index in [1.54, 1.807) is 0 Å². The van der Waals surface area contributed by atoms with Crippen molar-refractivity contribution in [3.8, 4) is 45.8 Å². The number of aliphatic hydroxyl groups is 3. The summed E-state index contributed by atoms with van der Waals surface area (Å²) in [4.78, 5) is 23.8. The molecule has 14 heteroatoms. The van der Waals surface area contributed by atoms with Gasteiger partial charge in [0.15, 0.2) is 23.4 Å². The van der Waals surface area contributed by atoms with Crippen molar-refractivity contribution in [1.29, 1.82) is 0 Å². The second-order valence-electron chi connectivity index (χ2n) is 7.64. The van der Waals surface area contributed by atoms with Gasteiger partial charge in [-0.1, -0.05) is 0 Å². The molecule has 186 valence electrons. The SMILES string of the molecule is O=C(O)[C@H]1O[C@@H](Oc2cc(-c3oc4cc(O)cc(O)c4c(=O)c3O)cc(O)c2O)[C@H](O)[C@@H](O)[C@@H]1O. The van der Waals surface area contributed by atoms with Crippen LogP contribution in [0, 0.1) is 0 Å². The molecule has 1 saturated heterocycles. The summed E-state index contributed by atoms with van der Waals surface area (Å²) >= 11 is 0. The van der Waals surface area contributed by atoms with Crippen molar-refractivity contribution in [2.45, 2.75) is 30.7 Å². The average Bonchev–Trinajstić information content (AvgIpc) is 2.78. The first-order valence-corrected chi connectivity index (χ1v) is 9.78. The second kappa shape index (κ2) is 8.52. The lowest BCUT2D eigenvalue weighted by atomic mass is 9.99. The fraction of sp³-hybridized carbons (Fsp3) is 0.238. The molecule has 1 fully saturated rings. The number of rotatable bonds is 4. The van der Waals surface area contributed by atoms with Crippen LogP contribution in [0.25, 0.3) is 22.3 Å². The Morgan fingerprint density at radius 3 is 2.20 bits per heavy atom. The normalized spacial score (nSPS) is 24.4. The Hall–Kier alpha value is -4.24. The summed E-state index contributed by atoms with van der Waals surface area (Å²) < 4.78 is 15.6. The zero-order chi connectivity index (χ0) is 25.8. The van der Waals surface area contributed by atoms with Crippen LogP contribution in [0.3, 0.4) is 0 Å². The number of carbonyl (C=O) groups is 1. The first-order valence-electron chi connectivity index (χ1n) is 9.78.